The van der Waals surface area contributed by atoms with Crippen molar-refractivity contribution < 1.29 is 9.32 Å². The van der Waals surface area contributed by atoms with Crippen molar-refractivity contribution in [1.29, 1.82) is 0 Å². The molecule has 7 heteroatoms. The highest BCUT2D eigenvalue weighted by Gasteiger charge is 2.29. The van der Waals surface area contributed by atoms with E-state index in [0.29, 0.717) is 24.7 Å². The first-order chi connectivity index (χ1) is 14.2. The highest BCUT2D eigenvalue weighted by atomic mass is 16.5. The van der Waals surface area contributed by atoms with Gasteiger partial charge in [-0.05, 0) is 42.0 Å². The van der Waals surface area contributed by atoms with Crippen LogP contribution in [0.1, 0.15) is 54.2 Å². The van der Waals surface area contributed by atoms with Crippen molar-refractivity contribution in [3.8, 4) is 0 Å². The third-order valence-electron chi connectivity index (χ3n) is 5.26. The van der Waals surface area contributed by atoms with Crippen LogP contribution in [-0.4, -0.2) is 26.1 Å². The fourth-order valence-electron chi connectivity index (χ4n) is 3.83. The van der Waals surface area contributed by atoms with Gasteiger partial charge in [0.2, 0.25) is 5.89 Å². The molecule has 0 radical (unpaired) electrons. The second-order valence-electron chi connectivity index (χ2n) is 7.21. The molecule has 1 aromatic carbocycles. The number of benzene rings is 1. The zero-order valence-electron chi connectivity index (χ0n) is 16.5. The Morgan fingerprint density at radius 2 is 2.17 bits per heavy atom. The average molecular weight is 391 g/mol. The van der Waals surface area contributed by atoms with E-state index in [1.807, 2.05) is 36.2 Å². The van der Waals surface area contributed by atoms with Crippen molar-refractivity contribution in [1.82, 2.24) is 25.3 Å². The van der Waals surface area contributed by atoms with Crippen molar-refractivity contribution in [2.75, 3.05) is 0 Å². The van der Waals surface area contributed by atoms with E-state index in [9.17, 15) is 4.79 Å². The Morgan fingerprint density at radius 1 is 1.28 bits per heavy atom. The maximum atomic E-state index is 13.2. The molecule has 7 nitrogen and oxygen atoms in total. The van der Waals surface area contributed by atoms with Crippen molar-refractivity contribution in [3.63, 3.8) is 0 Å². The lowest BCUT2D eigenvalue weighted by Crippen LogP contribution is -2.42. The van der Waals surface area contributed by atoms with E-state index < -0.39 is 0 Å². The van der Waals surface area contributed by atoms with Crippen LogP contribution in [0.3, 0.4) is 0 Å². The Hall–Kier alpha value is -3.22. The summed E-state index contributed by atoms with van der Waals surface area (Å²) in [6, 6.07) is 12.2. The molecule has 2 amide bonds. The van der Waals surface area contributed by atoms with Gasteiger partial charge >= 0.3 is 6.03 Å². The lowest BCUT2D eigenvalue weighted by molar-refractivity contribution is 0.161. The molecule has 0 aliphatic heterocycles. The van der Waals surface area contributed by atoms with Crippen LogP contribution >= 0.6 is 0 Å². The smallest absolute Gasteiger partial charge is 0.318 e. The molecule has 0 saturated heterocycles. The Kier molecular flexibility index (Phi) is 5.84. The molecule has 1 atom stereocenters. The number of hydrogen-bond donors (Lipinski definition) is 1. The molecular formula is C22H25N5O2. The van der Waals surface area contributed by atoms with E-state index in [1.165, 1.54) is 11.1 Å². The number of carbonyl (C=O) groups excluding carboxylic acids is 1. The van der Waals surface area contributed by atoms with E-state index in [1.54, 1.807) is 6.20 Å². The van der Waals surface area contributed by atoms with Crippen LogP contribution in [0, 0.1) is 0 Å². The molecule has 0 fully saturated rings. The van der Waals surface area contributed by atoms with Crippen LogP contribution < -0.4 is 5.32 Å². The molecule has 1 aliphatic rings. The summed E-state index contributed by atoms with van der Waals surface area (Å²) in [5.74, 6) is 1.06. The molecule has 29 heavy (non-hydrogen) atoms. The summed E-state index contributed by atoms with van der Waals surface area (Å²) < 4.78 is 5.13. The van der Waals surface area contributed by atoms with Gasteiger partial charge in [-0.3, -0.25) is 4.98 Å². The van der Waals surface area contributed by atoms with E-state index in [4.69, 9.17) is 4.52 Å². The third-order valence-corrected chi connectivity index (χ3v) is 5.26. The number of nitrogens with one attached hydrogen (secondary N) is 1. The minimum absolute atomic E-state index is 0.0247. The number of aromatic nitrogens is 3. The standard InChI is InChI=1S/C22H25N5O2/c1-2-21-25-20(26-29-21)14-24-22(28)27(15-16-7-6-12-23-13-16)19-11-5-9-17-8-3-4-10-18(17)19/h3-4,6-8,10,12-13,19H,2,5,9,11,14-15H2,1H3,(H,24,28)/t19-/m0/s1. The van der Waals surface area contributed by atoms with Gasteiger partial charge in [0.25, 0.3) is 0 Å². The summed E-state index contributed by atoms with van der Waals surface area (Å²) in [5.41, 5.74) is 3.54. The number of fused-ring (bicyclic) bond motifs is 1. The first-order valence-corrected chi connectivity index (χ1v) is 10.1. The van der Waals surface area contributed by atoms with Crippen molar-refractivity contribution >= 4 is 6.03 Å². The van der Waals surface area contributed by atoms with Gasteiger partial charge in [0.15, 0.2) is 5.82 Å². The molecule has 4 rings (SSSR count). The van der Waals surface area contributed by atoms with Gasteiger partial charge in [0.05, 0.1) is 12.6 Å². The fourth-order valence-corrected chi connectivity index (χ4v) is 3.83. The second-order valence-corrected chi connectivity index (χ2v) is 7.21. The molecule has 0 bridgehead atoms. The van der Waals surface area contributed by atoms with Crippen LogP contribution in [0.5, 0.6) is 0 Å². The summed E-state index contributed by atoms with van der Waals surface area (Å²) in [6.07, 6.45) is 7.27. The lowest BCUT2D eigenvalue weighted by atomic mass is 9.86. The first-order valence-electron chi connectivity index (χ1n) is 10.1. The van der Waals surface area contributed by atoms with Crippen molar-refractivity contribution in [2.24, 2.45) is 0 Å². The Balaban J connectivity index is 1.56. The van der Waals surface area contributed by atoms with Gasteiger partial charge < -0.3 is 14.7 Å². The molecule has 1 aliphatic carbocycles. The number of amides is 2. The summed E-state index contributed by atoms with van der Waals surface area (Å²) in [6.45, 7) is 2.68. The molecule has 1 N–H and O–H groups in total. The van der Waals surface area contributed by atoms with Gasteiger partial charge in [-0.2, -0.15) is 4.98 Å². The molecule has 0 saturated carbocycles. The quantitative estimate of drug-likeness (QED) is 0.691. The Bertz CT molecular complexity index is 957. The second kappa shape index (κ2) is 8.86. The highest BCUT2D eigenvalue weighted by molar-refractivity contribution is 5.75. The van der Waals surface area contributed by atoms with Crippen molar-refractivity contribution in [3.05, 3.63) is 77.2 Å². The summed E-state index contributed by atoms with van der Waals surface area (Å²) in [4.78, 5) is 23.6. The van der Waals surface area contributed by atoms with E-state index in [0.717, 1.165) is 24.8 Å². The summed E-state index contributed by atoms with van der Waals surface area (Å²) in [5, 5.41) is 6.89. The molecule has 0 unspecified atom stereocenters. The number of nitrogens with zero attached hydrogens (tertiary/aromatic N) is 4. The zero-order valence-corrected chi connectivity index (χ0v) is 16.5. The van der Waals surface area contributed by atoms with Crippen LogP contribution in [0.2, 0.25) is 0 Å². The van der Waals surface area contributed by atoms with Gasteiger partial charge in [-0.1, -0.05) is 42.4 Å². The first kappa shape index (κ1) is 19.1. The van der Waals surface area contributed by atoms with Gasteiger partial charge in [0, 0.05) is 25.4 Å². The van der Waals surface area contributed by atoms with Crippen molar-refractivity contribution in [2.45, 2.75) is 51.7 Å². The van der Waals surface area contributed by atoms with Crippen LogP contribution in [0.25, 0.3) is 0 Å². The average Bonchev–Trinajstić information content (AvgIpc) is 3.24. The topological polar surface area (TPSA) is 84.2 Å². The van der Waals surface area contributed by atoms with Gasteiger partial charge in [-0.25, -0.2) is 4.79 Å². The lowest BCUT2D eigenvalue weighted by Gasteiger charge is -2.36. The Morgan fingerprint density at radius 3 is 2.97 bits per heavy atom. The van der Waals surface area contributed by atoms with Crippen LogP contribution in [0.15, 0.2) is 53.3 Å². The maximum Gasteiger partial charge on any atom is 0.318 e. The minimum atomic E-state index is -0.140. The monoisotopic (exact) mass is 391 g/mol. The molecule has 2 heterocycles. The third kappa shape index (κ3) is 4.45. The number of rotatable bonds is 6. The van der Waals surface area contributed by atoms with Crippen LogP contribution in [0.4, 0.5) is 4.79 Å². The summed E-state index contributed by atoms with van der Waals surface area (Å²) >= 11 is 0. The van der Waals surface area contributed by atoms with Gasteiger partial charge in [-0.15, -0.1) is 0 Å². The van der Waals surface area contributed by atoms with E-state index in [2.05, 4.69) is 38.6 Å². The molecule has 3 aromatic rings. The maximum absolute atomic E-state index is 13.2. The number of carbonyl (C=O) groups is 1. The number of urea groups is 1. The zero-order chi connectivity index (χ0) is 20.1. The number of pyridine rings is 1. The minimum Gasteiger partial charge on any atom is -0.339 e. The summed E-state index contributed by atoms with van der Waals surface area (Å²) in [7, 11) is 0. The predicted octanol–water partition coefficient (Wildman–Crippen LogP) is 3.82. The van der Waals surface area contributed by atoms with E-state index >= 15 is 0 Å². The van der Waals surface area contributed by atoms with Crippen LogP contribution in [-0.2, 0) is 25.9 Å². The largest absolute Gasteiger partial charge is 0.339 e. The molecule has 2 aromatic heterocycles. The van der Waals surface area contributed by atoms with E-state index in [-0.39, 0.29) is 18.6 Å². The normalized spacial score (nSPS) is 15.6. The molecule has 0 spiro atoms. The molecule has 150 valence electrons. The van der Waals surface area contributed by atoms with Gasteiger partial charge in [0.1, 0.15) is 0 Å². The fraction of sp³-hybridized carbons (Fsp3) is 0.364. The Labute approximate surface area is 170 Å². The SMILES string of the molecule is CCc1nc(CNC(=O)N(Cc2cccnc2)[C@H]2CCCc3ccccc32)no1. The number of aryl methyl sites for hydroxylation is 2. The predicted molar refractivity (Wildman–Crippen MR) is 108 cm³/mol. The molecular weight excluding hydrogens is 366 g/mol. The highest BCUT2D eigenvalue weighted by Crippen LogP contribution is 2.35. The number of hydrogen-bond acceptors (Lipinski definition) is 5.